The highest BCUT2D eigenvalue weighted by Gasteiger charge is 2.30. The summed E-state index contributed by atoms with van der Waals surface area (Å²) in [7, 11) is 2.01. The number of alkyl carbamates (subject to hydrolysis) is 1. The van der Waals surface area contributed by atoms with Crippen molar-refractivity contribution in [1.82, 2.24) is 24.3 Å². The molecule has 0 radical (unpaired) electrons. The summed E-state index contributed by atoms with van der Waals surface area (Å²) in [6.45, 7) is 1.60. The van der Waals surface area contributed by atoms with Gasteiger partial charge >= 0.3 is 6.09 Å². The predicted molar refractivity (Wildman–Crippen MR) is 152 cm³/mol. The van der Waals surface area contributed by atoms with Crippen molar-refractivity contribution in [3.8, 4) is 17.3 Å². The Morgan fingerprint density at radius 3 is 2.85 bits per heavy atom. The molecule has 10 nitrogen and oxygen atoms in total. The number of para-hydroxylation sites is 1. The van der Waals surface area contributed by atoms with Gasteiger partial charge in [0.2, 0.25) is 0 Å². The first-order chi connectivity index (χ1) is 19.9. The molecule has 2 aliphatic heterocycles. The van der Waals surface area contributed by atoms with Crippen LogP contribution in [0.4, 0.5) is 9.18 Å². The van der Waals surface area contributed by atoms with Gasteiger partial charge in [-0.2, -0.15) is 0 Å². The fourth-order valence-electron chi connectivity index (χ4n) is 6.00. The number of nitrogens with two attached hydrogens (primary N) is 1. The molecule has 214 valence electrons. The zero-order chi connectivity index (χ0) is 28.2. The molecule has 0 unspecified atom stereocenters. The Balaban J connectivity index is 1.28. The molecule has 1 saturated carbocycles. The zero-order valence-electron chi connectivity index (χ0n) is 22.9. The van der Waals surface area contributed by atoms with Crippen molar-refractivity contribution >= 4 is 33.9 Å². The van der Waals surface area contributed by atoms with Crippen LogP contribution >= 0.6 is 0 Å². The summed E-state index contributed by atoms with van der Waals surface area (Å²) in [6, 6.07) is 11.4. The molecule has 4 aromatic rings. The maximum absolute atomic E-state index is 13.2. The van der Waals surface area contributed by atoms with E-state index >= 15 is 0 Å². The Labute approximate surface area is 236 Å². The molecule has 0 bridgehead atoms. The van der Waals surface area contributed by atoms with Gasteiger partial charge in [-0.3, -0.25) is 4.79 Å². The molecular weight excluding hydrogens is 527 g/mol. The summed E-state index contributed by atoms with van der Waals surface area (Å²) in [4.78, 5) is 31.4. The van der Waals surface area contributed by atoms with Crippen LogP contribution in [-0.2, 0) is 24.8 Å². The summed E-state index contributed by atoms with van der Waals surface area (Å²) in [5.41, 5.74) is 11.0. The number of hydrogen-bond acceptors (Lipinski definition) is 6. The standard InChI is InChI=1S/C30H33FN6O4/c1-35-24-9-18-7-8-36(15-20(32)12-31)29(38)22(18)11-23(24)34-28(35)25-10-19-3-2-4-26(27(19)37(25)14-17-5-6-17)40-16-21-13-33-30(39)41-21/h2-4,9-11,17,20-21H,5-8,12-16,32H2,1H3,(H,33,39)/t20-,21+/m1/s1. The van der Waals surface area contributed by atoms with Crippen molar-refractivity contribution in [2.75, 3.05) is 32.9 Å². The largest absolute Gasteiger partial charge is 0.487 e. The molecule has 0 spiro atoms. The van der Waals surface area contributed by atoms with Gasteiger partial charge in [-0.1, -0.05) is 12.1 Å². The van der Waals surface area contributed by atoms with Gasteiger partial charge in [-0.25, -0.2) is 14.2 Å². The molecule has 2 aromatic heterocycles. The van der Waals surface area contributed by atoms with E-state index < -0.39 is 18.8 Å². The summed E-state index contributed by atoms with van der Waals surface area (Å²) < 4.78 is 28.9. The first kappa shape index (κ1) is 25.8. The lowest BCUT2D eigenvalue weighted by atomic mass is 9.97. The van der Waals surface area contributed by atoms with Gasteiger partial charge in [-0.05, 0) is 55.0 Å². The maximum Gasteiger partial charge on any atom is 0.407 e. The number of aromatic nitrogens is 3. The van der Waals surface area contributed by atoms with E-state index in [-0.39, 0.29) is 25.2 Å². The predicted octanol–water partition coefficient (Wildman–Crippen LogP) is 3.39. The third-order valence-electron chi connectivity index (χ3n) is 8.35. The number of nitrogens with one attached hydrogen (secondary N) is 1. The molecule has 41 heavy (non-hydrogen) atoms. The summed E-state index contributed by atoms with van der Waals surface area (Å²) in [5.74, 6) is 2.02. The summed E-state index contributed by atoms with van der Waals surface area (Å²) in [6.07, 6.45) is 2.31. The van der Waals surface area contributed by atoms with E-state index in [1.807, 2.05) is 25.2 Å². The average molecular weight is 561 g/mol. The van der Waals surface area contributed by atoms with Crippen molar-refractivity contribution in [1.29, 1.82) is 0 Å². The van der Waals surface area contributed by atoms with Gasteiger partial charge in [-0.15, -0.1) is 0 Å². The lowest BCUT2D eigenvalue weighted by molar-refractivity contribution is 0.0725. The van der Waals surface area contributed by atoms with Gasteiger partial charge in [0.05, 0.1) is 34.8 Å². The van der Waals surface area contributed by atoms with Crippen LogP contribution < -0.4 is 15.8 Å². The number of benzene rings is 2. The van der Waals surface area contributed by atoms with Gasteiger partial charge in [0.1, 0.15) is 19.0 Å². The monoisotopic (exact) mass is 560 g/mol. The highest BCUT2D eigenvalue weighted by atomic mass is 19.1. The second-order valence-electron chi connectivity index (χ2n) is 11.4. The van der Waals surface area contributed by atoms with Gasteiger partial charge in [0, 0.05) is 37.6 Å². The summed E-state index contributed by atoms with van der Waals surface area (Å²) in [5, 5.41) is 3.71. The molecule has 1 aliphatic carbocycles. The lowest BCUT2D eigenvalue weighted by Gasteiger charge is -2.30. The Morgan fingerprint density at radius 1 is 1.24 bits per heavy atom. The first-order valence-corrected chi connectivity index (χ1v) is 14.2. The number of nitrogens with zero attached hydrogens (tertiary/aromatic N) is 4. The highest BCUT2D eigenvalue weighted by molar-refractivity contribution is 6.01. The van der Waals surface area contributed by atoms with Crippen LogP contribution in [0.15, 0.2) is 36.4 Å². The van der Waals surface area contributed by atoms with Crippen molar-refractivity contribution in [3.63, 3.8) is 0 Å². The van der Waals surface area contributed by atoms with Crippen molar-refractivity contribution in [2.45, 2.75) is 38.0 Å². The summed E-state index contributed by atoms with van der Waals surface area (Å²) >= 11 is 0. The average Bonchev–Trinajstić information content (AvgIpc) is 3.45. The minimum atomic E-state index is -0.683. The number of halogens is 1. The number of aryl methyl sites for hydroxylation is 1. The number of cyclic esters (lactones) is 1. The van der Waals surface area contributed by atoms with Crippen LogP contribution in [0.3, 0.4) is 0 Å². The van der Waals surface area contributed by atoms with Crippen molar-refractivity contribution < 1.29 is 23.5 Å². The van der Waals surface area contributed by atoms with Crippen LogP contribution in [0, 0.1) is 5.92 Å². The van der Waals surface area contributed by atoms with Crippen LogP contribution in [-0.4, -0.2) is 76.1 Å². The van der Waals surface area contributed by atoms with Crippen LogP contribution in [0.2, 0.25) is 0 Å². The lowest BCUT2D eigenvalue weighted by Crippen LogP contribution is -2.45. The van der Waals surface area contributed by atoms with Crippen LogP contribution in [0.1, 0.15) is 28.8 Å². The number of hydrogen-bond donors (Lipinski definition) is 2. The molecular formula is C30H33FN6O4. The van der Waals surface area contributed by atoms with E-state index in [0.29, 0.717) is 31.0 Å². The number of amides is 2. The van der Waals surface area contributed by atoms with Crippen LogP contribution in [0.25, 0.3) is 33.5 Å². The van der Waals surface area contributed by atoms with Crippen LogP contribution in [0.5, 0.6) is 5.75 Å². The molecule has 2 amide bonds. The number of rotatable bonds is 9. The number of imidazole rings is 1. The SMILES string of the molecule is Cn1c(-c2cc3cccc(OC[C@@H]4CNC(=O)O4)c3n2CC2CC2)nc2cc3c(cc21)CCN(C[C@H](N)CF)C3=O. The molecule has 1 saturated heterocycles. The first-order valence-electron chi connectivity index (χ1n) is 14.2. The second-order valence-corrected chi connectivity index (χ2v) is 11.4. The van der Waals surface area contributed by atoms with Gasteiger partial charge in [0.15, 0.2) is 11.9 Å². The number of ether oxygens (including phenoxy) is 2. The van der Waals surface area contributed by atoms with E-state index in [2.05, 4.69) is 32.7 Å². The molecule has 7 rings (SSSR count). The minimum absolute atomic E-state index is 0.128. The molecule has 11 heteroatoms. The molecule has 3 N–H and O–H groups in total. The fourth-order valence-corrected chi connectivity index (χ4v) is 6.00. The molecule has 4 heterocycles. The number of fused-ring (bicyclic) bond motifs is 3. The Kier molecular flexibility index (Phi) is 6.33. The van der Waals surface area contributed by atoms with E-state index in [1.165, 1.54) is 12.8 Å². The van der Waals surface area contributed by atoms with Gasteiger partial charge in [0.25, 0.3) is 5.91 Å². The topological polar surface area (TPSA) is 117 Å². The second kappa shape index (κ2) is 10.1. The van der Waals surface area contributed by atoms with E-state index in [1.54, 1.807) is 4.90 Å². The van der Waals surface area contributed by atoms with E-state index in [4.69, 9.17) is 20.2 Å². The Morgan fingerprint density at radius 2 is 2.10 bits per heavy atom. The molecule has 2 fully saturated rings. The molecule has 2 atom stereocenters. The quantitative estimate of drug-likeness (QED) is 0.324. The highest BCUT2D eigenvalue weighted by Crippen LogP contribution is 2.39. The minimum Gasteiger partial charge on any atom is -0.487 e. The van der Waals surface area contributed by atoms with Crippen molar-refractivity contribution in [2.24, 2.45) is 18.7 Å². The van der Waals surface area contributed by atoms with E-state index in [9.17, 15) is 14.0 Å². The number of alkyl halides is 1. The Hall–Kier alpha value is -4.12. The zero-order valence-corrected chi connectivity index (χ0v) is 22.9. The molecule has 3 aliphatic rings. The van der Waals surface area contributed by atoms with E-state index in [0.717, 1.165) is 51.3 Å². The Bertz CT molecular complexity index is 1670. The smallest absolute Gasteiger partial charge is 0.407 e. The fraction of sp³-hybridized carbons (Fsp3) is 0.433. The normalized spacial score (nSPS) is 19.5. The van der Waals surface area contributed by atoms with Gasteiger partial charge < -0.3 is 34.6 Å². The number of carbonyl (C=O) groups is 2. The number of carbonyl (C=O) groups excluding carboxylic acids is 2. The van der Waals surface area contributed by atoms with Crippen molar-refractivity contribution in [3.05, 3.63) is 47.5 Å². The molecule has 2 aromatic carbocycles. The maximum atomic E-state index is 13.2. The third kappa shape index (κ3) is 4.67. The third-order valence-corrected chi connectivity index (χ3v) is 8.35.